The van der Waals surface area contributed by atoms with Crippen molar-refractivity contribution in [2.75, 3.05) is 0 Å². The third-order valence-corrected chi connectivity index (χ3v) is 1.66. The molecule has 0 rings (SSSR count). The van der Waals surface area contributed by atoms with Crippen molar-refractivity contribution in [3.63, 3.8) is 0 Å². The molecule has 0 bridgehead atoms. The predicted molar refractivity (Wildman–Crippen MR) is 26.0 cm³/mol. The molecule has 8 heteroatoms. The zero-order chi connectivity index (χ0) is 9.50. The highest BCUT2D eigenvalue weighted by molar-refractivity contribution is 9.10. The van der Waals surface area contributed by atoms with Crippen molar-refractivity contribution in [2.45, 2.75) is 16.9 Å². The fourth-order valence-electron chi connectivity index (χ4n) is 0.171. The van der Waals surface area contributed by atoms with Crippen LogP contribution < -0.4 is 0 Å². The molecule has 0 saturated heterocycles. The lowest BCUT2D eigenvalue weighted by molar-refractivity contribution is -0.329. The monoisotopic (exact) mass is 246 g/mol. The standard InChI is InChI=1S/C3HBrF6O/c4-1(5,2(6,7)8)3(9,10)11/h11H. The lowest BCUT2D eigenvalue weighted by atomic mass is 10.3. The average molecular weight is 247 g/mol. The summed E-state index contributed by atoms with van der Waals surface area (Å²) >= 11 is 1.03. The maximum absolute atomic E-state index is 11.9. The molecular formula is C3HBrF6O. The highest BCUT2D eigenvalue weighted by Gasteiger charge is 2.70. The van der Waals surface area contributed by atoms with E-state index < -0.39 is 16.9 Å². The second-order valence-electron chi connectivity index (χ2n) is 1.61. The first-order valence-electron chi connectivity index (χ1n) is 2.05. The topological polar surface area (TPSA) is 20.2 Å². The third kappa shape index (κ3) is 1.98. The van der Waals surface area contributed by atoms with Crippen molar-refractivity contribution in [3.05, 3.63) is 0 Å². The Bertz CT molecular complexity index is 129. The van der Waals surface area contributed by atoms with Gasteiger partial charge in [0, 0.05) is 0 Å². The molecule has 11 heavy (non-hydrogen) atoms. The quantitative estimate of drug-likeness (QED) is 0.556. The zero-order valence-electron chi connectivity index (χ0n) is 4.59. The molecular weight excluding hydrogens is 246 g/mol. The molecule has 0 radical (unpaired) electrons. The minimum atomic E-state index is -5.87. The molecule has 0 aliphatic rings. The molecule has 1 unspecified atom stereocenters. The van der Waals surface area contributed by atoms with Crippen molar-refractivity contribution in [2.24, 2.45) is 0 Å². The molecule has 0 amide bonds. The highest BCUT2D eigenvalue weighted by Crippen LogP contribution is 2.48. The summed E-state index contributed by atoms with van der Waals surface area (Å²) in [6, 6.07) is 0. The van der Waals surface area contributed by atoms with Crippen LogP contribution in [0.15, 0.2) is 0 Å². The second-order valence-corrected chi connectivity index (χ2v) is 2.71. The normalized spacial score (nSPS) is 19.6. The summed E-state index contributed by atoms with van der Waals surface area (Å²) < 4.78 is 63.4. The Balaban J connectivity index is 4.75. The smallest absolute Gasteiger partial charge is 0.333 e. The largest absolute Gasteiger partial charge is 0.441 e. The van der Waals surface area contributed by atoms with E-state index in [0.717, 1.165) is 15.9 Å². The van der Waals surface area contributed by atoms with E-state index in [4.69, 9.17) is 5.11 Å². The van der Waals surface area contributed by atoms with E-state index in [2.05, 4.69) is 0 Å². The Morgan fingerprint density at radius 3 is 1.18 bits per heavy atom. The van der Waals surface area contributed by atoms with Crippen LogP contribution in [0.1, 0.15) is 0 Å². The van der Waals surface area contributed by atoms with E-state index in [1.807, 2.05) is 0 Å². The maximum Gasteiger partial charge on any atom is 0.441 e. The lowest BCUT2D eigenvalue weighted by Crippen LogP contribution is -2.50. The van der Waals surface area contributed by atoms with Crippen molar-refractivity contribution in [1.82, 2.24) is 0 Å². The minimum absolute atomic E-state index is 1.03. The lowest BCUT2D eigenvalue weighted by Gasteiger charge is -2.25. The van der Waals surface area contributed by atoms with Gasteiger partial charge in [0.1, 0.15) is 0 Å². The van der Waals surface area contributed by atoms with Gasteiger partial charge in [0.05, 0.1) is 0 Å². The first-order valence-corrected chi connectivity index (χ1v) is 2.84. The average Bonchev–Trinajstić information content (AvgIpc) is 1.58. The molecule has 68 valence electrons. The Morgan fingerprint density at radius 1 is 0.909 bits per heavy atom. The molecule has 1 nitrogen and oxygen atoms in total. The zero-order valence-corrected chi connectivity index (χ0v) is 6.18. The fourth-order valence-corrected chi connectivity index (χ4v) is 0.171. The number of rotatable bonds is 1. The Labute approximate surface area is 65.1 Å². The molecule has 0 fully saturated rings. The number of hydrogen-bond donors (Lipinski definition) is 1. The van der Waals surface area contributed by atoms with Crippen LogP contribution in [0.5, 0.6) is 0 Å². The third-order valence-electron chi connectivity index (χ3n) is 0.734. The summed E-state index contributed by atoms with van der Waals surface area (Å²) in [5, 5.41) is 7.41. The van der Waals surface area contributed by atoms with Gasteiger partial charge in [0.15, 0.2) is 0 Å². The van der Waals surface area contributed by atoms with Gasteiger partial charge < -0.3 is 5.11 Å². The summed E-state index contributed by atoms with van der Waals surface area (Å²) in [6.45, 7) is 0. The predicted octanol–water partition coefficient (Wildman–Crippen LogP) is 2.19. The maximum atomic E-state index is 11.9. The number of alkyl halides is 7. The molecule has 0 aromatic heterocycles. The Hall–Kier alpha value is 0.0200. The van der Waals surface area contributed by atoms with Crippen molar-refractivity contribution < 1.29 is 31.4 Å². The van der Waals surface area contributed by atoms with Gasteiger partial charge >= 0.3 is 16.9 Å². The first-order chi connectivity index (χ1) is 4.50. The van der Waals surface area contributed by atoms with Gasteiger partial charge in [-0.2, -0.15) is 22.0 Å². The Kier molecular flexibility index (Phi) is 2.52. The highest BCUT2D eigenvalue weighted by atomic mass is 79.9. The Morgan fingerprint density at radius 2 is 1.18 bits per heavy atom. The van der Waals surface area contributed by atoms with Gasteiger partial charge in [-0.15, -0.1) is 0 Å². The van der Waals surface area contributed by atoms with Crippen LogP contribution in [0.3, 0.4) is 0 Å². The van der Waals surface area contributed by atoms with Gasteiger partial charge in [-0.25, -0.2) is 4.39 Å². The molecule has 1 N–H and O–H groups in total. The molecule has 0 aliphatic heterocycles. The van der Waals surface area contributed by atoms with Gasteiger partial charge in [-0.1, -0.05) is 0 Å². The minimum Gasteiger partial charge on any atom is -0.333 e. The molecule has 1 atom stereocenters. The summed E-state index contributed by atoms with van der Waals surface area (Å²) in [5.41, 5.74) is 0. The molecule has 0 spiro atoms. The molecule has 0 heterocycles. The van der Waals surface area contributed by atoms with Crippen LogP contribution in [0.4, 0.5) is 26.3 Å². The first kappa shape index (κ1) is 11.0. The SMILES string of the molecule is OC(F)(F)C(F)(Br)C(F)(F)F. The van der Waals surface area contributed by atoms with E-state index >= 15 is 0 Å². The van der Waals surface area contributed by atoms with E-state index in [1.54, 1.807) is 0 Å². The molecule has 0 aromatic carbocycles. The van der Waals surface area contributed by atoms with Crippen molar-refractivity contribution in [1.29, 1.82) is 0 Å². The van der Waals surface area contributed by atoms with Gasteiger partial charge in [0.2, 0.25) is 0 Å². The summed E-state index contributed by atoms with van der Waals surface area (Å²) in [5.74, 6) is 0. The van der Waals surface area contributed by atoms with E-state index in [-0.39, 0.29) is 0 Å². The van der Waals surface area contributed by atoms with Crippen LogP contribution in [0.2, 0.25) is 0 Å². The van der Waals surface area contributed by atoms with Crippen molar-refractivity contribution in [3.8, 4) is 0 Å². The molecule has 0 saturated carbocycles. The van der Waals surface area contributed by atoms with Gasteiger partial charge in [-0.3, -0.25) is 0 Å². The van der Waals surface area contributed by atoms with Crippen LogP contribution >= 0.6 is 15.9 Å². The van der Waals surface area contributed by atoms with E-state index in [9.17, 15) is 26.3 Å². The van der Waals surface area contributed by atoms with Crippen molar-refractivity contribution >= 4 is 15.9 Å². The summed E-state index contributed by atoms with van der Waals surface area (Å²) in [4.78, 5) is 0. The fraction of sp³-hybridized carbons (Fsp3) is 1.00. The molecule has 0 aliphatic carbocycles. The summed E-state index contributed by atoms with van der Waals surface area (Å²) in [6.07, 6.45) is -11.4. The summed E-state index contributed by atoms with van der Waals surface area (Å²) in [7, 11) is 0. The van der Waals surface area contributed by atoms with Crippen LogP contribution in [-0.2, 0) is 0 Å². The van der Waals surface area contributed by atoms with Gasteiger partial charge in [0.25, 0.3) is 0 Å². The van der Waals surface area contributed by atoms with Crippen LogP contribution in [0, 0.1) is 0 Å². The van der Waals surface area contributed by atoms with Gasteiger partial charge in [-0.05, 0) is 15.9 Å². The second kappa shape index (κ2) is 2.51. The molecule has 0 aromatic rings. The number of hydrogen-bond acceptors (Lipinski definition) is 1. The van der Waals surface area contributed by atoms with E-state index in [1.165, 1.54) is 0 Å². The number of halogens is 7. The van der Waals surface area contributed by atoms with Crippen LogP contribution in [0.25, 0.3) is 0 Å². The van der Waals surface area contributed by atoms with Crippen LogP contribution in [-0.4, -0.2) is 22.0 Å². The number of aliphatic hydroxyl groups is 1. The van der Waals surface area contributed by atoms with E-state index in [0.29, 0.717) is 0 Å².